The molecule has 0 bridgehead atoms. The van der Waals surface area contributed by atoms with E-state index >= 15 is 0 Å². The van der Waals surface area contributed by atoms with E-state index in [1.165, 1.54) is 6.07 Å². The van der Waals surface area contributed by atoms with Gasteiger partial charge in [-0.05, 0) is 18.2 Å². The average molecular weight is 211 g/mol. The number of hydrogen-bond donors (Lipinski definition) is 1. The fraction of sp³-hybridized carbons (Fsp3) is 0.333. The maximum atomic E-state index is 13.1. The first kappa shape index (κ1) is 11.9. The topological polar surface area (TPSA) is 12.0 Å². The number of rotatable bonds is 4. The van der Waals surface area contributed by atoms with Crippen molar-refractivity contribution in [2.24, 2.45) is 0 Å². The number of halogens is 2. The number of benzene rings is 1. The summed E-state index contributed by atoms with van der Waals surface area (Å²) in [6.45, 7) is 4.70. The van der Waals surface area contributed by atoms with Gasteiger partial charge in [-0.1, -0.05) is 26.0 Å². The molecule has 0 radical (unpaired) electrons. The quantitative estimate of drug-likeness (QED) is 0.807. The third kappa shape index (κ3) is 4.21. The van der Waals surface area contributed by atoms with E-state index < -0.39 is 11.6 Å². The van der Waals surface area contributed by atoms with Crippen molar-refractivity contribution in [2.45, 2.75) is 19.9 Å². The maximum Gasteiger partial charge on any atom is 0.130 e. The summed E-state index contributed by atoms with van der Waals surface area (Å²) in [6.07, 6.45) is 3.35. The van der Waals surface area contributed by atoms with Crippen molar-refractivity contribution in [2.75, 3.05) is 6.54 Å². The molecule has 1 N–H and O–H groups in total. The molecular weight excluding hydrogens is 196 g/mol. The molecule has 82 valence electrons. The molecule has 1 aromatic rings. The molecule has 0 saturated heterocycles. The lowest BCUT2D eigenvalue weighted by atomic mass is 10.2. The van der Waals surface area contributed by atoms with Crippen LogP contribution in [0.3, 0.4) is 0 Å². The maximum absolute atomic E-state index is 13.1. The van der Waals surface area contributed by atoms with E-state index in [0.29, 0.717) is 12.6 Å². The first-order valence-corrected chi connectivity index (χ1v) is 4.94. The fourth-order valence-electron chi connectivity index (χ4n) is 1.13. The number of hydrogen-bond acceptors (Lipinski definition) is 1. The lowest BCUT2D eigenvalue weighted by Gasteiger charge is -2.03. The second-order valence-electron chi connectivity index (χ2n) is 3.63. The van der Waals surface area contributed by atoms with Crippen LogP contribution in [-0.4, -0.2) is 12.6 Å². The lowest BCUT2D eigenvalue weighted by Crippen LogP contribution is -2.22. The molecule has 1 nitrogen and oxygen atoms in total. The summed E-state index contributed by atoms with van der Waals surface area (Å²) >= 11 is 0. The first-order chi connectivity index (χ1) is 7.09. The zero-order valence-corrected chi connectivity index (χ0v) is 8.93. The third-order valence-electron chi connectivity index (χ3n) is 1.90. The van der Waals surface area contributed by atoms with Gasteiger partial charge in [-0.2, -0.15) is 0 Å². The van der Waals surface area contributed by atoms with Crippen LogP contribution in [0.15, 0.2) is 24.3 Å². The molecule has 0 amide bonds. The van der Waals surface area contributed by atoms with Gasteiger partial charge in [0.2, 0.25) is 0 Å². The summed E-state index contributed by atoms with van der Waals surface area (Å²) in [6, 6.07) is 3.80. The highest BCUT2D eigenvalue weighted by Gasteiger charge is 1.99. The molecule has 0 unspecified atom stereocenters. The van der Waals surface area contributed by atoms with Crippen LogP contribution in [0.2, 0.25) is 0 Å². The van der Waals surface area contributed by atoms with Crippen LogP contribution in [0.25, 0.3) is 6.08 Å². The van der Waals surface area contributed by atoms with Crippen molar-refractivity contribution in [3.8, 4) is 0 Å². The first-order valence-electron chi connectivity index (χ1n) is 4.94. The van der Waals surface area contributed by atoms with Crippen molar-refractivity contribution in [3.05, 3.63) is 41.5 Å². The predicted octanol–water partition coefficient (Wildman–Crippen LogP) is 2.98. The van der Waals surface area contributed by atoms with Crippen molar-refractivity contribution < 1.29 is 8.78 Å². The van der Waals surface area contributed by atoms with Gasteiger partial charge in [0.25, 0.3) is 0 Å². The van der Waals surface area contributed by atoms with E-state index in [-0.39, 0.29) is 5.56 Å². The Balaban J connectivity index is 2.59. The van der Waals surface area contributed by atoms with Crippen LogP contribution in [0.5, 0.6) is 0 Å². The van der Waals surface area contributed by atoms with Crippen molar-refractivity contribution in [1.29, 1.82) is 0 Å². The molecule has 15 heavy (non-hydrogen) atoms. The van der Waals surface area contributed by atoms with Gasteiger partial charge in [-0.3, -0.25) is 0 Å². The van der Waals surface area contributed by atoms with Crippen LogP contribution >= 0.6 is 0 Å². The minimum Gasteiger partial charge on any atom is -0.311 e. The minimum absolute atomic E-state index is 0.278. The van der Waals surface area contributed by atoms with Gasteiger partial charge in [0.1, 0.15) is 11.6 Å². The van der Waals surface area contributed by atoms with Crippen molar-refractivity contribution >= 4 is 6.08 Å². The Morgan fingerprint density at radius 1 is 1.33 bits per heavy atom. The Labute approximate surface area is 88.8 Å². The summed E-state index contributed by atoms with van der Waals surface area (Å²) in [4.78, 5) is 0. The Morgan fingerprint density at radius 2 is 2.07 bits per heavy atom. The van der Waals surface area contributed by atoms with Gasteiger partial charge in [-0.15, -0.1) is 0 Å². The largest absolute Gasteiger partial charge is 0.311 e. The Bertz CT molecular complexity index is 345. The van der Waals surface area contributed by atoms with Crippen LogP contribution in [0.4, 0.5) is 8.78 Å². The molecule has 0 aliphatic heterocycles. The molecule has 3 heteroatoms. The Hall–Kier alpha value is -1.22. The smallest absolute Gasteiger partial charge is 0.130 e. The second-order valence-corrected chi connectivity index (χ2v) is 3.63. The van der Waals surface area contributed by atoms with E-state index in [9.17, 15) is 8.78 Å². The highest BCUT2D eigenvalue weighted by atomic mass is 19.1. The van der Waals surface area contributed by atoms with Gasteiger partial charge in [0.05, 0.1) is 0 Å². The normalized spacial score (nSPS) is 11.5. The van der Waals surface area contributed by atoms with Crippen LogP contribution in [0.1, 0.15) is 19.4 Å². The molecule has 1 rings (SSSR count). The predicted molar refractivity (Wildman–Crippen MR) is 58.5 cm³/mol. The molecule has 0 saturated carbocycles. The van der Waals surface area contributed by atoms with E-state index in [1.807, 2.05) is 13.8 Å². The summed E-state index contributed by atoms with van der Waals surface area (Å²) < 4.78 is 25.9. The third-order valence-corrected chi connectivity index (χ3v) is 1.90. The van der Waals surface area contributed by atoms with E-state index in [4.69, 9.17) is 0 Å². The highest BCUT2D eigenvalue weighted by molar-refractivity contribution is 5.50. The fourth-order valence-corrected chi connectivity index (χ4v) is 1.13. The standard InChI is InChI=1S/C12H15F2N/c1-9(2)15-7-3-4-10-8-11(13)5-6-12(10)14/h3-6,8-9,15H,7H2,1-2H3. The van der Waals surface area contributed by atoms with Gasteiger partial charge >= 0.3 is 0 Å². The summed E-state index contributed by atoms with van der Waals surface area (Å²) in [5.41, 5.74) is 0.278. The lowest BCUT2D eigenvalue weighted by molar-refractivity contribution is 0.597. The van der Waals surface area contributed by atoms with Gasteiger partial charge in [0, 0.05) is 18.2 Å². The monoisotopic (exact) mass is 211 g/mol. The molecule has 0 fully saturated rings. The van der Waals surface area contributed by atoms with Gasteiger partial charge in [0.15, 0.2) is 0 Å². The Kier molecular flexibility index (Phi) is 4.43. The molecule has 1 aromatic carbocycles. The SMILES string of the molecule is CC(C)NCC=Cc1cc(F)ccc1F. The zero-order valence-electron chi connectivity index (χ0n) is 8.93. The second kappa shape index (κ2) is 5.61. The van der Waals surface area contributed by atoms with E-state index in [0.717, 1.165) is 12.1 Å². The van der Waals surface area contributed by atoms with E-state index in [2.05, 4.69) is 5.32 Å². The number of nitrogens with one attached hydrogen (secondary N) is 1. The molecule has 0 aromatic heterocycles. The molecule has 0 heterocycles. The molecule has 0 aliphatic carbocycles. The van der Waals surface area contributed by atoms with Gasteiger partial charge < -0.3 is 5.32 Å². The van der Waals surface area contributed by atoms with Crippen LogP contribution in [-0.2, 0) is 0 Å². The molecule has 0 spiro atoms. The molecule has 0 atom stereocenters. The highest BCUT2D eigenvalue weighted by Crippen LogP contribution is 2.10. The van der Waals surface area contributed by atoms with Crippen LogP contribution in [0, 0.1) is 11.6 Å². The molecular formula is C12H15F2N. The minimum atomic E-state index is -0.423. The summed E-state index contributed by atoms with van der Waals surface area (Å²) in [7, 11) is 0. The van der Waals surface area contributed by atoms with Crippen molar-refractivity contribution in [1.82, 2.24) is 5.32 Å². The van der Waals surface area contributed by atoms with Crippen LogP contribution < -0.4 is 5.32 Å². The van der Waals surface area contributed by atoms with E-state index in [1.54, 1.807) is 12.2 Å². The average Bonchev–Trinajstić information content (AvgIpc) is 2.17. The zero-order chi connectivity index (χ0) is 11.3. The summed E-state index contributed by atoms with van der Waals surface area (Å²) in [5, 5.41) is 3.15. The van der Waals surface area contributed by atoms with Gasteiger partial charge in [-0.25, -0.2) is 8.78 Å². The van der Waals surface area contributed by atoms with Crippen molar-refractivity contribution in [3.63, 3.8) is 0 Å². The summed E-state index contributed by atoms with van der Waals surface area (Å²) in [5.74, 6) is -0.829. The molecule has 0 aliphatic rings. The Morgan fingerprint density at radius 3 is 2.73 bits per heavy atom.